The van der Waals surface area contributed by atoms with Gasteiger partial charge in [-0.15, -0.1) is 0 Å². The number of rotatable bonds is 12. The third kappa shape index (κ3) is 8.88. The largest absolute Gasteiger partial charge is 0.614 e. The lowest BCUT2D eigenvalue weighted by molar-refractivity contribution is -0.375. The van der Waals surface area contributed by atoms with E-state index in [0.717, 1.165) is 29.2 Å². The number of amides is 3. The summed E-state index contributed by atoms with van der Waals surface area (Å²) in [7, 11) is 5.14. The van der Waals surface area contributed by atoms with Crippen LogP contribution in [0.25, 0.3) is 0 Å². The van der Waals surface area contributed by atoms with Crippen molar-refractivity contribution in [3.63, 3.8) is 0 Å². The molecule has 1 heterocycles. The Morgan fingerprint density at radius 1 is 0.841 bits per heavy atom. The fourth-order valence-corrected chi connectivity index (χ4v) is 8.56. The Labute approximate surface area is 363 Å². The van der Waals surface area contributed by atoms with Gasteiger partial charge in [0.15, 0.2) is 38.7 Å². The zero-order chi connectivity index (χ0) is 47.3. The van der Waals surface area contributed by atoms with E-state index >= 15 is 0 Å². The molecular formula is C37H39B4N3O18S. The fraction of sp³-hybridized carbons (Fsp3) is 0.216. The number of nitrogens with zero attached hydrogens (tertiary/aromatic N) is 1. The summed E-state index contributed by atoms with van der Waals surface area (Å²) in [6.07, 6.45) is -1.12. The van der Waals surface area contributed by atoms with Crippen LogP contribution in [0.3, 0.4) is 0 Å². The van der Waals surface area contributed by atoms with Gasteiger partial charge in [-0.1, -0.05) is 17.9 Å². The van der Waals surface area contributed by atoms with Gasteiger partial charge in [-0.3, -0.25) is 19.3 Å². The minimum atomic E-state index is -3.92. The van der Waals surface area contributed by atoms with Crippen LogP contribution in [0.15, 0.2) is 42.5 Å². The molecule has 1 saturated heterocycles. The third-order valence-corrected chi connectivity index (χ3v) is 11.6. The zero-order valence-electron chi connectivity index (χ0n) is 33.9. The molecular weight excluding hydrogens is 850 g/mol. The quantitative estimate of drug-likeness (QED) is 0.0157. The minimum Gasteiger partial charge on any atom is -0.614 e. The van der Waals surface area contributed by atoms with E-state index in [4.69, 9.17) is 15.2 Å². The van der Waals surface area contributed by atoms with E-state index in [1.807, 2.05) is 0 Å². The standard InChI is InChI=1S/C37H39B4N3O18S/c1-2-61-19-11-14(6-9-18(19)62-37(40,41)59)35(55,56)36(57,58)43-21(45)12-20-33(54)44(15-5-3-4-13(10-15)32(42)53)34(63(20)60)22-23(38)25(46)16(26(47)24(22)39)7-8-17-27(48)29(50)31(52)30(51)28(17)49/h3-6,9-11,20,34,46-52,55-59H,2,12,38-41H2,1H3,(H2,42,53)(H,43,45)/t20-,34+,63?/m1/s1. The molecule has 3 amide bonds. The molecule has 0 radical (unpaired) electrons. The molecule has 0 bridgehead atoms. The predicted molar refractivity (Wildman–Crippen MR) is 230 cm³/mol. The Balaban J connectivity index is 1.55. The molecule has 1 aliphatic rings. The summed E-state index contributed by atoms with van der Waals surface area (Å²) in [5, 5.41) is 125. The highest BCUT2D eigenvalue weighted by molar-refractivity contribution is 7.93. The first-order valence-corrected chi connectivity index (χ1v) is 19.7. The minimum absolute atomic E-state index is 0.0135. The zero-order valence-corrected chi connectivity index (χ0v) is 34.7. The van der Waals surface area contributed by atoms with E-state index < -0.39 is 120 Å². The van der Waals surface area contributed by atoms with Crippen LogP contribution in [0.1, 0.15) is 51.3 Å². The monoisotopic (exact) mass is 889 g/mol. The summed E-state index contributed by atoms with van der Waals surface area (Å²) in [6, 6.07) is 8.10. The molecule has 1 aliphatic heterocycles. The van der Waals surface area contributed by atoms with Gasteiger partial charge < -0.3 is 86.4 Å². The maximum absolute atomic E-state index is 14.6. The number of nitrogens with one attached hydrogen (secondary N) is 1. The normalized spacial score (nSPS) is 16.6. The topological polar surface area (TPSA) is 377 Å². The summed E-state index contributed by atoms with van der Waals surface area (Å²) < 4.78 is 25.4. The second-order valence-corrected chi connectivity index (χ2v) is 16.3. The lowest BCUT2D eigenvalue weighted by Crippen LogP contribution is -2.63. The number of hydrogen-bond acceptors (Lipinski definition) is 18. The Hall–Kier alpha value is -6.58. The summed E-state index contributed by atoms with van der Waals surface area (Å²) >= 11 is -2.58. The van der Waals surface area contributed by atoms with Crippen LogP contribution in [-0.2, 0) is 26.6 Å². The number of hydrogen-bond donors (Lipinski definition) is 14. The van der Waals surface area contributed by atoms with Gasteiger partial charge in [-0.25, -0.2) is 0 Å². The Kier molecular flexibility index (Phi) is 13.0. The lowest BCUT2D eigenvalue weighted by Gasteiger charge is -2.35. The van der Waals surface area contributed by atoms with Gasteiger partial charge in [0, 0.05) is 22.4 Å². The van der Waals surface area contributed by atoms with Crippen LogP contribution in [0.2, 0.25) is 0 Å². The van der Waals surface area contributed by atoms with Gasteiger partial charge >= 0.3 is 5.91 Å². The second kappa shape index (κ2) is 17.3. The molecule has 5 rings (SSSR count). The second-order valence-electron chi connectivity index (χ2n) is 14.6. The van der Waals surface area contributed by atoms with Crippen molar-refractivity contribution >= 4 is 76.9 Å². The first-order chi connectivity index (χ1) is 29.2. The highest BCUT2D eigenvalue weighted by atomic mass is 32.2. The molecule has 15 N–H and O–H groups in total. The number of ether oxygens (including phenoxy) is 2. The molecule has 4 aromatic carbocycles. The average Bonchev–Trinajstić information content (AvgIpc) is 3.44. The lowest BCUT2D eigenvalue weighted by atomic mass is 9.76. The van der Waals surface area contributed by atoms with Crippen molar-refractivity contribution in [3.05, 3.63) is 70.3 Å². The molecule has 1 fully saturated rings. The maximum atomic E-state index is 14.6. The molecule has 1 unspecified atom stereocenters. The number of primary amides is 1. The van der Waals surface area contributed by atoms with Gasteiger partial charge in [0.1, 0.15) is 43.9 Å². The molecule has 3 atom stereocenters. The fourth-order valence-electron chi connectivity index (χ4n) is 6.61. The summed E-state index contributed by atoms with van der Waals surface area (Å²) in [5.41, 5.74) is 0.950. The van der Waals surface area contributed by atoms with Crippen LogP contribution in [0.5, 0.6) is 51.7 Å². The van der Waals surface area contributed by atoms with Crippen LogP contribution >= 0.6 is 0 Å². The van der Waals surface area contributed by atoms with Crippen LogP contribution in [-0.4, -0.2) is 138 Å². The van der Waals surface area contributed by atoms with E-state index in [2.05, 4.69) is 11.8 Å². The number of benzene rings is 4. The molecule has 4 aromatic rings. The highest BCUT2D eigenvalue weighted by Gasteiger charge is 2.57. The van der Waals surface area contributed by atoms with E-state index in [0.29, 0.717) is 0 Å². The number of phenolic OH excluding ortho intramolecular Hbond substituents is 7. The van der Waals surface area contributed by atoms with Crippen molar-refractivity contribution in [3.8, 4) is 63.6 Å². The molecule has 21 nitrogen and oxygen atoms in total. The van der Waals surface area contributed by atoms with Crippen LogP contribution in [0.4, 0.5) is 5.69 Å². The van der Waals surface area contributed by atoms with Crippen molar-refractivity contribution in [1.29, 1.82) is 0 Å². The van der Waals surface area contributed by atoms with Crippen LogP contribution < -0.4 is 36.3 Å². The predicted octanol–water partition coefficient (Wildman–Crippen LogP) is -6.57. The van der Waals surface area contributed by atoms with E-state index in [9.17, 15) is 80.2 Å². The highest BCUT2D eigenvalue weighted by Crippen LogP contribution is 2.50. The number of aromatic hydroxyl groups is 7. The van der Waals surface area contributed by atoms with Gasteiger partial charge in [-0.05, 0) is 65.4 Å². The molecule has 328 valence electrons. The number of phenols is 7. The van der Waals surface area contributed by atoms with Crippen LogP contribution in [0, 0.1) is 11.8 Å². The van der Waals surface area contributed by atoms with Gasteiger partial charge in [0.25, 0.3) is 11.7 Å². The molecule has 0 aliphatic carbocycles. The van der Waals surface area contributed by atoms with E-state index in [-0.39, 0.29) is 45.8 Å². The third-order valence-electron chi connectivity index (χ3n) is 9.76. The van der Waals surface area contributed by atoms with Crippen molar-refractivity contribution in [2.45, 2.75) is 41.3 Å². The molecule has 0 aromatic heterocycles. The van der Waals surface area contributed by atoms with Crippen molar-refractivity contribution in [2.24, 2.45) is 5.73 Å². The van der Waals surface area contributed by atoms with Gasteiger partial charge in [0.2, 0.25) is 39.7 Å². The number of carbonyl (C=O) groups excluding carboxylic acids is 3. The van der Waals surface area contributed by atoms with E-state index in [1.165, 1.54) is 49.6 Å². The maximum Gasteiger partial charge on any atom is 0.308 e. The first-order valence-electron chi connectivity index (χ1n) is 18.4. The number of anilines is 1. The average molecular weight is 889 g/mol. The number of carbonyl (C=O) groups is 3. The molecule has 0 saturated carbocycles. The number of aliphatic hydroxyl groups is 5. The summed E-state index contributed by atoms with van der Waals surface area (Å²) in [4.78, 5) is 40.9. The van der Waals surface area contributed by atoms with Gasteiger partial charge in [-0.2, -0.15) is 0 Å². The smallest absolute Gasteiger partial charge is 0.308 e. The first kappa shape index (κ1) is 47.5. The molecule has 0 spiro atoms. The number of nitrogens with two attached hydrogens (primary N) is 1. The van der Waals surface area contributed by atoms with Crippen molar-refractivity contribution < 1.29 is 89.7 Å². The SMILES string of the molecule is Bc1c(O)c(C#Cc2c(O)c(O)c(O)c(O)c2O)c(O)c(B)c1[C@H]1N(c2cccc(C(N)=O)c2)C(=O)[C@@H](CC(=O)NC(O)(O)C(O)(O)c2ccc(OC(B)(B)O)c(OCC)c2)[S+]1[O-]. The summed E-state index contributed by atoms with van der Waals surface area (Å²) in [5.74, 6) is -14.6. The Morgan fingerprint density at radius 3 is 1.90 bits per heavy atom. The Bertz CT molecular complexity index is 2540. The van der Waals surface area contributed by atoms with Crippen molar-refractivity contribution in [1.82, 2.24) is 5.32 Å². The van der Waals surface area contributed by atoms with Crippen molar-refractivity contribution in [2.75, 3.05) is 11.5 Å². The molecule has 63 heavy (non-hydrogen) atoms. The van der Waals surface area contributed by atoms with Gasteiger partial charge in [0.05, 0.1) is 13.0 Å². The van der Waals surface area contributed by atoms with E-state index in [1.54, 1.807) is 12.2 Å². The summed E-state index contributed by atoms with van der Waals surface area (Å²) in [6.45, 7) is 1.59. The Morgan fingerprint density at radius 2 is 1.38 bits per heavy atom. The molecule has 26 heteroatoms.